The lowest BCUT2D eigenvalue weighted by Crippen LogP contribution is -2.42. The van der Waals surface area contributed by atoms with Crippen molar-refractivity contribution in [2.75, 3.05) is 19.6 Å². The zero-order chi connectivity index (χ0) is 17.2. The second kappa shape index (κ2) is 6.84. The van der Waals surface area contributed by atoms with Crippen LogP contribution >= 0.6 is 0 Å². The van der Waals surface area contributed by atoms with Gasteiger partial charge < -0.3 is 10.1 Å². The number of hydrogen-bond donors (Lipinski definition) is 1. The van der Waals surface area contributed by atoms with Crippen molar-refractivity contribution in [3.05, 3.63) is 71.0 Å². The van der Waals surface area contributed by atoms with E-state index < -0.39 is 0 Å². The van der Waals surface area contributed by atoms with Gasteiger partial charge in [0.05, 0.1) is 6.04 Å². The van der Waals surface area contributed by atoms with Crippen molar-refractivity contribution in [3.63, 3.8) is 0 Å². The van der Waals surface area contributed by atoms with Gasteiger partial charge in [0.2, 0.25) is 0 Å². The summed E-state index contributed by atoms with van der Waals surface area (Å²) in [6.07, 6.45) is 1.28. The highest BCUT2D eigenvalue weighted by molar-refractivity contribution is 5.70. The first-order valence-corrected chi connectivity index (χ1v) is 8.73. The van der Waals surface area contributed by atoms with Crippen molar-refractivity contribution in [3.8, 4) is 0 Å². The fraction of sp³-hybridized carbons (Fsp3) is 0.350. The Balaban J connectivity index is 1.67. The first-order chi connectivity index (χ1) is 12.2. The Morgan fingerprint density at radius 3 is 2.72 bits per heavy atom. The quantitative estimate of drug-likeness (QED) is 0.912. The Labute approximate surface area is 146 Å². The summed E-state index contributed by atoms with van der Waals surface area (Å²) < 4.78 is 19.1. The van der Waals surface area contributed by atoms with Crippen LogP contribution in [-0.2, 0) is 11.2 Å². The van der Waals surface area contributed by atoms with E-state index in [1.165, 1.54) is 17.7 Å². The van der Waals surface area contributed by atoms with E-state index in [0.717, 1.165) is 30.5 Å². The molecule has 0 aromatic heterocycles. The molecule has 2 aromatic carbocycles. The second-order valence-corrected chi connectivity index (χ2v) is 6.59. The minimum Gasteiger partial charge on any atom is -0.445 e. The molecule has 2 aromatic rings. The number of halogens is 1. The van der Waals surface area contributed by atoms with Crippen LogP contribution in [0.15, 0.2) is 48.5 Å². The van der Waals surface area contributed by atoms with E-state index in [1.54, 1.807) is 17.0 Å². The molecule has 4 rings (SSSR count). The predicted molar refractivity (Wildman–Crippen MR) is 92.9 cm³/mol. The lowest BCUT2D eigenvalue weighted by atomic mass is 9.88. The van der Waals surface area contributed by atoms with Crippen LogP contribution in [0, 0.1) is 5.82 Å². The van der Waals surface area contributed by atoms with E-state index in [9.17, 15) is 9.18 Å². The Morgan fingerprint density at radius 1 is 1.16 bits per heavy atom. The largest absolute Gasteiger partial charge is 0.445 e. The van der Waals surface area contributed by atoms with Crippen molar-refractivity contribution in [2.45, 2.75) is 25.0 Å². The van der Waals surface area contributed by atoms with Crippen molar-refractivity contribution < 1.29 is 13.9 Å². The number of rotatable bonds is 2. The zero-order valence-corrected chi connectivity index (χ0v) is 14.0. The van der Waals surface area contributed by atoms with E-state index in [4.69, 9.17) is 4.74 Å². The summed E-state index contributed by atoms with van der Waals surface area (Å²) in [5.41, 5.74) is 3.21. The summed E-state index contributed by atoms with van der Waals surface area (Å²) in [6.45, 7) is 2.18. The van der Waals surface area contributed by atoms with Crippen molar-refractivity contribution in [1.29, 1.82) is 0 Å². The molecule has 0 bridgehead atoms. The van der Waals surface area contributed by atoms with E-state index >= 15 is 0 Å². The molecule has 1 N–H and O–H groups in total. The summed E-state index contributed by atoms with van der Waals surface area (Å²) in [5.74, 6) is -0.279. The minimum absolute atomic E-state index is 0.0708. The maximum atomic E-state index is 13.4. The zero-order valence-electron chi connectivity index (χ0n) is 14.0. The highest BCUT2D eigenvalue weighted by Gasteiger charge is 2.34. The van der Waals surface area contributed by atoms with Crippen LogP contribution in [0.3, 0.4) is 0 Å². The Hall–Kier alpha value is -2.40. The third-order valence-electron chi connectivity index (χ3n) is 4.99. The monoisotopic (exact) mass is 340 g/mol. The lowest BCUT2D eigenvalue weighted by Gasteiger charge is -2.37. The molecule has 2 heterocycles. The molecule has 2 atom stereocenters. The average Bonchev–Trinajstić information content (AvgIpc) is 3.14. The molecule has 0 spiro atoms. The van der Waals surface area contributed by atoms with Gasteiger partial charge in [-0.2, -0.15) is 0 Å². The van der Waals surface area contributed by atoms with E-state index in [-0.39, 0.29) is 24.1 Å². The van der Waals surface area contributed by atoms with Crippen molar-refractivity contribution in [2.24, 2.45) is 0 Å². The first kappa shape index (κ1) is 16.1. The topological polar surface area (TPSA) is 41.6 Å². The maximum Gasteiger partial charge on any atom is 0.410 e. The van der Waals surface area contributed by atoms with Gasteiger partial charge in [-0.15, -0.1) is 0 Å². The Bertz CT molecular complexity index is 757. The van der Waals surface area contributed by atoms with Gasteiger partial charge in [0.15, 0.2) is 0 Å². The number of benzene rings is 2. The van der Waals surface area contributed by atoms with Crippen molar-refractivity contribution >= 4 is 6.09 Å². The summed E-state index contributed by atoms with van der Waals surface area (Å²) in [4.78, 5) is 14.6. The number of ether oxygens (including phenoxy) is 1. The van der Waals surface area contributed by atoms with E-state index in [1.807, 2.05) is 18.2 Å². The highest BCUT2D eigenvalue weighted by Crippen LogP contribution is 2.35. The number of amides is 1. The number of fused-ring (bicyclic) bond motifs is 1. The van der Waals surface area contributed by atoms with Gasteiger partial charge in [0, 0.05) is 13.1 Å². The van der Waals surface area contributed by atoms with Crippen LogP contribution in [0.25, 0.3) is 0 Å². The lowest BCUT2D eigenvalue weighted by molar-refractivity contribution is 0.0601. The van der Waals surface area contributed by atoms with Gasteiger partial charge in [-0.05, 0) is 48.2 Å². The van der Waals surface area contributed by atoms with Gasteiger partial charge in [-0.1, -0.05) is 36.4 Å². The number of nitrogens with zero attached hydrogens (tertiary/aromatic N) is 1. The molecule has 0 aliphatic carbocycles. The highest BCUT2D eigenvalue weighted by atomic mass is 19.1. The Kier molecular flexibility index (Phi) is 4.40. The molecule has 130 valence electrons. The normalized spacial score (nSPS) is 22.5. The molecule has 1 amide bonds. The third kappa shape index (κ3) is 3.24. The predicted octanol–water partition coefficient (Wildman–Crippen LogP) is 3.27. The average molecular weight is 340 g/mol. The molecular formula is C20H21FN2O2. The standard InChI is InChI=1S/C20H21FN2O2/c21-16-7-5-15(6-8-16)19-18-4-2-1-3-14(18)10-12-23(19)20(24)25-17-9-11-22-13-17/h1-8,17,19,22H,9-13H2/t17?,19-/m1/s1. The van der Waals surface area contributed by atoms with Crippen LogP contribution < -0.4 is 5.32 Å². The van der Waals surface area contributed by atoms with Gasteiger partial charge in [0.25, 0.3) is 0 Å². The summed E-state index contributed by atoms with van der Waals surface area (Å²) in [7, 11) is 0. The number of hydrogen-bond acceptors (Lipinski definition) is 3. The molecule has 2 aliphatic heterocycles. The molecule has 0 radical (unpaired) electrons. The SMILES string of the molecule is O=C(OC1CCNC1)N1CCc2ccccc2[C@H]1c1ccc(F)cc1. The molecule has 5 heteroatoms. The fourth-order valence-corrected chi connectivity index (χ4v) is 3.71. The van der Waals surface area contributed by atoms with Crippen LogP contribution in [0.2, 0.25) is 0 Å². The number of carbonyl (C=O) groups is 1. The van der Waals surface area contributed by atoms with Gasteiger partial charge in [-0.3, -0.25) is 4.90 Å². The maximum absolute atomic E-state index is 13.4. The third-order valence-corrected chi connectivity index (χ3v) is 4.99. The molecule has 4 nitrogen and oxygen atoms in total. The molecule has 25 heavy (non-hydrogen) atoms. The van der Waals surface area contributed by atoms with Gasteiger partial charge >= 0.3 is 6.09 Å². The molecule has 1 fully saturated rings. The second-order valence-electron chi connectivity index (χ2n) is 6.59. The van der Waals surface area contributed by atoms with Crippen LogP contribution in [0.5, 0.6) is 0 Å². The molecule has 1 unspecified atom stereocenters. The first-order valence-electron chi connectivity index (χ1n) is 8.73. The summed E-state index contributed by atoms with van der Waals surface area (Å²) in [5, 5.41) is 3.21. The van der Waals surface area contributed by atoms with Crippen LogP contribution in [-0.4, -0.2) is 36.7 Å². The molecule has 2 aliphatic rings. The van der Waals surface area contributed by atoms with E-state index in [0.29, 0.717) is 13.1 Å². The van der Waals surface area contributed by atoms with Crippen LogP contribution in [0.4, 0.5) is 9.18 Å². The summed E-state index contributed by atoms with van der Waals surface area (Å²) in [6, 6.07) is 14.3. The number of carbonyl (C=O) groups excluding carboxylic acids is 1. The van der Waals surface area contributed by atoms with Crippen LogP contribution in [0.1, 0.15) is 29.2 Å². The van der Waals surface area contributed by atoms with E-state index in [2.05, 4.69) is 11.4 Å². The Morgan fingerprint density at radius 2 is 1.96 bits per heavy atom. The minimum atomic E-state index is -0.294. The molecule has 0 saturated carbocycles. The molecule has 1 saturated heterocycles. The molecular weight excluding hydrogens is 319 g/mol. The number of nitrogens with one attached hydrogen (secondary N) is 1. The van der Waals surface area contributed by atoms with Gasteiger partial charge in [0.1, 0.15) is 11.9 Å². The summed E-state index contributed by atoms with van der Waals surface area (Å²) >= 11 is 0. The smallest absolute Gasteiger partial charge is 0.410 e. The fourth-order valence-electron chi connectivity index (χ4n) is 3.71. The van der Waals surface area contributed by atoms with Crippen molar-refractivity contribution in [1.82, 2.24) is 10.2 Å². The van der Waals surface area contributed by atoms with Gasteiger partial charge in [-0.25, -0.2) is 9.18 Å².